The number of rotatable bonds is 2. The Hall–Kier alpha value is -1.45. The quantitative estimate of drug-likeness (QED) is 0.791. The summed E-state index contributed by atoms with van der Waals surface area (Å²) >= 11 is 11.5. The first-order valence-electron chi connectivity index (χ1n) is 4.84. The van der Waals surface area contributed by atoms with Crippen LogP contribution in [0.1, 0.15) is 0 Å². The van der Waals surface area contributed by atoms with Crippen molar-refractivity contribution < 1.29 is 4.39 Å². The Labute approximate surface area is 108 Å². The number of para-hydroxylation sites is 1. The lowest BCUT2D eigenvalue weighted by atomic mass is 10.2. The highest BCUT2D eigenvalue weighted by Gasteiger charge is 2.07. The van der Waals surface area contributed by atoms with Gasteiger partial charge >= 0.3 is 0 Å². The lowest BCUT2D eigenvalue weighted by Gasteiger charge is -2.11. The van der Waals surface area contributed by atoms with E-state index in [2.05, 4.69) is 5.32 Å². The van der Waals surface area contributed by atoms with Gasteiger partial charge in [0.2, 0.25) is 0 Å². The molecule has 5 heteroatoms. The van der Waals surface area contributed by atoms with Crippen LogP contribution in [-0.4, -0.2) is 0 Å². The Balaban J connectivity index is 2.35. The Kier molecular flexibility index (Phi) is 3.41. The van der Waals surface area contributed by atoms with E-state index in [1.165, 1.54) is 12.1 Å². The zero-order valence-electron chi connectivity index (χ0n) is 8.68. The fraction of sp³-hybridized carbons (Fsp3) is 0. The molecule has 0 heterocycles. The maximum atomic E-state index is 13.5. The van der Waals surface area contributed by atoms with Gasteiger partial charge in [-0.05, 0) is 30.3 Å². The van der Waals surface area contributed by atoms with Crippen molar-refractivity contribution >= 4 is 40.3 Å². The lowest BCUT2D eigenvalue weighted by Crippen LogP contribution is -1.98. The highest BCUT2D eigenvalue weighted by Crippen LogP contribution is 2.30. The van der Waals surface area contributed by atoms with Crippen molar-refractivity contribution in [1.82, 2.24) is 0 Å². The topological polar surface area (TPSA) is 38.0 Å². The van der Waals surface area contributed by atoms with Crippen LogP contribution in [-0.2, 0) is 0 Å². The second-order valence-electron chi connectivity index (χ2n) is 3.45. The Morgan fingerprint density at radius 3 is 2.53 bits per heavy atom. The average Bonchev–Trinajstić information content (AvgIpc) is 2.28. The van der Waals surface area contributed by atoms with Crippen LogP contribution in [0.15, 0.2) is 36.4 Å². The van der Waals surface area contributed by atoms with E-state index in [1.54, 1.807) is 24.3 Å². The van der Waals surface area contributed by atoms with Gasteiger partial charge in [0.05, 0.1) is 22.1 Å². The van der Waals surface area contributed by atoms with Gasteiger partial charge in [0.1, 0.15) is 5.82 Å². The Morgan fingerprint density at radius 1 is 1.06 bits per heavy atom. The van der Waals surface area contributed by atoms with E-state index in [0.717, 1.165) is 0 Å². The molecular weight excluding hydrogens is 262 g/mol. The number of benzene rings is 2. The van der Waals surface area contributed by atoms with Crippen LogP contribution in [0.5, 0.6) is 0 Å². The molecule has 0 saturated carbocycles. The molecular formula is C12H9Cl2FN2. The van der Waals surface area contributed by atoms with E-state index in [4.69, 9.17) is 28.9 Å². The summed E-state index contributed by atoms with van der Waals surface area (Å²) in [6.07, 6.45) is 0. The van der Waals surface area contributed by atoms with E-state index < -0.39 is 5.82 Å². The summed E-state index contributed by atoms with van der Waals surface area (Å²) in [6.45, 7) is 0. The van der Waals surface area contributed by atoms with Gasteiger partial charge in [-0.1, -0.05) is 29.3 Å². The normalized spacial score (nSPS) is 10.3. The molecule has 0 unspecified atom stereocenters. The molecule has 0 aliphatic carbocycles. The third kappa shape index (κ3) is 2.62. The van der Waals surface area contributed by atoms with Crippen molar-refractivity contribution in [3.63, 3.8) is 0 Å². The standard InChI is InChI=1S/C12H9Cl2FN2/c13-7-4-5-10(9(15)6-7)17-11-3-1-2-8(14)12(11)16/h1-6,17H,16H2. The molecule has 0 atom stereocenters. The van der Waals surface area contributed by atoms with Gasteiger partial charge in [0.25, 0.3) is 0 Å². The van der Waals surface area contributed by atoms with Crippen LogP contribution in [0.4, 0.5) is 21.5 Å². The maximum Gasteiger partial charge on any atom is 0.148 e. The molecule has 0 spiro atoms. The predicted octanol–water partition coefficient (Wildman–Crippen LogP) is 4.46. The van der Waals surface area contributed by atoms with Crippen molar-refractivity contribution in [1.29, 1.82) is 0 Å². The minimum atomic E-state index is -0.447. The fourth-order valence-electron chi connectivity index (χ4n) is 1.38. The number of nitrogens with one attached hydrogen (secondary N) is 1. The highest BCUT2D eigenvalue weighted by atomic mass is 35.5. The summed E-state index contributed by atoms with van der Waals surface area (Å²) in [6, 6.07) is 9.47. The molecule has 0 saturated heterocycles. The number of hydrogen-bond acceptors (Lipinski definition) is 2. The molecule has 0 fully saturated rings. The molecule has 0 aliphatic rings. The maximum absolute atomic E-state index is 13.5. The third-order valence-electron chi connectivity index (χ3n) is 2.25. The van der Waals surface area contributed by atoms with Crippen molar-refractivity contribution in [3.05, 3.63) is 52.3 Å². The van der Waals surface area contributed by atoms with E-state index in [-0.39, 0.29) is 0 Å². The molecule has 0 amide bonds. The summed E-state index contributed by atoms with van der Waals surface area (Å²) in [7, 11) is 0. The summed E-state index contributed by atoms with van der Waals surface area (Å²) in [5.74, 6) is -0.447. The monoisotopic (exact) mass is 270 g/mol. The average molecular weight is 271 g/mol. The van der Waals surface area contributed by atoms with Crippen LogP contribution < -0.4 is 11.1 Å². The van der Waals surface area contributed by atoms with E-state index >= 15 is 0 Å². The zero-order chi connectivity index (χ0) is 12.4. The molecule has 2 nitrogen and oxygen atoms in total. The van der Waals surface area contributed by atoms with Crippen molar-refractivity contribution in [2.24, 2.45) is 0 Å². The molecule has 3 N–H and O–H groups in total. The van der Waals surface area contributed by atoms with Gasteiger partial charge in [0.15, 0.2) is 0 Å². The summed E-state index contributed by atoms with van der Waals surface area (Å²) < 4.78 is 13.5. The first-order chi connectivity index (χ1) is 8.08. The number of anilines is 3. The van der Waals surface area contributed by atoms with E-state index in [0.29, 0.717) is 27.1 Å². The Morgan fingerprint density at radius 2 is 1.82 bits per heavy atom. The van der Waals surface area contributed by atoms with Crippen LogP contribution in [0, 0.1) is 5.82 Å². The zero-order valence-corrected chi connectivity index (χ0v) is 10.2. The van der Waals surface area contributed by atoms with Crippen LogP contribution >= 0.6 is 23.2 Å². The van der Waals surface area contributed by atoms with Crippen LogP contribution in [0.3, 0.4) is 0 Å². The van der Waals surface area contributed by atoms with Gasteiger partial charge in [-0.15, -0.1) is 0 Å². The van der Waals surface area contributed by atoms with Crippen molar-refractivity contribution in [3.8, 4) is 0 Å². The van der Waals surface area contributed by atoms with E-state index in [9.17, 15) is 4.39 Å². The molecule has 0 bridgehead atoms. The molecule has 0 aromatic heterocycles. The molecule has 0 aliphatic heterocycles. The number of hydrogen-bond donors (Lipinski definition) is 2. The SMILES string of the molecule is Nc1c(Cl)cccc1Nc1ccc(Cl)cc1F. The summed E-state index contributed by atoms with van der Waals surface area (Å²) in [5, 5.41) is 3.63. The Bertz CT molecular complexity index is 558. The van der Waals surface area contributed by atoms with Gasteiger partial charge in [-0.2, -0.15) is 0 Å². The lowest BCUT2D eigenvalue weighted by molar-refractivity contribution is 0.632. The fourth-order valence-corrected chi connectivity index (χ4v) is 1.72. The van der Waals surface area contributed by atoms with Crippen LogP contribution in [0.25, 0.3) is 0 Å². The molecule has 2 rings (SSSR count). The van der Waals surface area contributed by atoms with Gasteiger partial charge in [-0.3, -0.25) is 0 Å². The molecule has 2 aromatic rings. The summed E-state index contributed by atoms with van der Waals surface area (Å²) in [5.41, 5.74) is 6.99. The van der Waals surface area contributed by atoms with Gasteiger partial charge in [-0.25, -0.2) is 4.39 Å². The molecule has 0 radical (unpaired) electrons. The van der Waals surface area contributed by atoms with Gasteiger partial charge < -0.3 is 11.1 Å². The second kappa shape index (κ2) is 4.82. The molecule has 2 aromatic carbocycles. The molecule has 88 valence electrons. The van der Waals surface area contributed by atoms with Crippen molar-refractivity contribution in [2.75, 3.05) is 11.1 Å². The second-order valence-corrected chi connectivity index (χ2v) is 4.29. The minimum Gasteiger partial charge on any atom is -0.396 e. The third-order valence-corrected chi connectivity index (χ3v) is 2.82. The number of halogens is 3. The van der Waals surface area contributed by atoms with E-state index in [1.807, 2.05) is 0 Å². The summed E-state index contributed by atoms with van der Waals surface area (Å²) in [4.78, 5) is 0. The minimum absolute atomic E-state index is 0.295. The molecule has 17 heavy (non-hydrogen) atoms. The highest BCUT2D eigenvalue weighted by molar-refractivity contribution is 6.33. The largest absolute Gasteiger partial charge is 0.396 e. The first-order valence-corrected chi connectivity index (χ1v) is 5.59. The van der Waals surface area contributed by atoms with Crippen LogP contribution in [0.2, 0.25) is 10.0 Å². The first kappa shape index (κ1) is 12.0. The smallest absolute Gasteiger partial charge is 0.148 e. The van der Waals surface area contributed by atoms with Gasteiger partial charge in [0, 0.05) is 5.02 Å². The number of nitrogen functional groups attached to an aromatic ring is 1. The predicted molar refractivity (Wildman–Crippen MR) is 70.6 cm³/mol. The van der Waals surface area contributed by atoms with Crippen molar-refractivity contribution in [2.45, 2.75) is 0 Å². The number of nitrogens with two attached hydrogens (primary N) is 1.